The minimum absolute atomic E-state index is 0.124. The van der Waals surface area contributed by atoms with Crippen molar-refractivity contribution in [3.63, 3.8) is 0 Å². The van der Waals surface area contributed by atoms with Crippen LogP contribution >= 0.6 is 23.1 Å². The number of hydrogen-bond donors (Lipinski definition) is 3. The van der Waals surface area contributed by atoms with Crippen molar-refractivity contribution < 1.29 is 18.8 Å². The largest absolute Gasteiger partial charge is 0.321 e. The average molecular weight is 561 g/mol. The molecule has 0 saturated heterocycles. The molecule has 3 N–H and O–H groups in total. The summed E-state index contributed by atoms with van der Waals surface area (Å²) in [6, 6.07) is 21.4. The van der Waals surface area contributed by atoms with E-state index in [0.717, 1.165) is 4.90 Å². The van der Waals surface area contributed by atoms with Gasteiger partial charge in [-0.1, -0.05) is 49.4 Å². The van der Waals surface area contributed by atoms with Crippen molar-refractivity contribution >= 4 is 57.7 Å². The van der Waals surface area contributed by atoms with Crippen molar-refractivity contribution in [2.45, 2.75) is 23.5 Å². The van der Waals surface area contributed by atoms with E-state index in [4.69, 9.17) is 0 Å². The molecule has 0 fully saturated rings. The van der Waals surface area contributed by atoms with Crippen molar-refractivity contribution in [2.75, 3.05) is 10.6 Å². The first-order chi connectivity index (χ1) is 18.9. The van der Waals surface area contributed by atoms with Crippen LogP contribution in [-0.4, -0.2) is 28.0 Å². The van der Waals surface area contributed by atoms with Gasteiger partial charge in [-0.2, -0.15) is 0 Å². The van der Waals surface area contributed by atoms with Crippen molar-refractivity contribution in [3.8, 4) is 0 Å². The SMILES string of the molecule is CCC(Sc1cccc(NC(=O)/C(=C/c2ccccc2F)NC(=O)c2ccccc2)c1)C(=O)Nc1nccs1. The minimum atomic E-state index is -0.627. The molecule has 0 aliphatic rings. The Hall–Kier alpha value is -4.28. The van der Waals surface area contributed by atoms with Crippen LogP contribution in [0, 0.1) is 5.82 Å². The highest BCUT2D eigenvalue weighted by molar-refractivity contribution is 8.00. The monoisotopic (exact) mass is 560 g/mol. The fourth-order valence-electron chi connectivity index (χ4n) is 3.49. The van der Waals surface area contributed by atoms with Gasteiger partial charge in [-0.15, -0.1) is 23.1 Å². The highest BCUT2D eigenvalue weighted by atomic mass is 32.2. The lowest BCUT2D eigenvalue weighted by Crippen LogP contribution is -2.30. The van der Waals surface area contributed by atoms with E-state index in [1.807, 2.05) is 13.0 Å². The minimum Gasteiger partial charge on any atom is -0.321 e. The van der Waals surface area contributed by atoms with Gasteiger partial charge in [0.25, 0.3) is 11.8 Å². The lowest BCUT2D eigenvalue weighted by Gasteiger charge is -2.15. The van der Waals surface area contributed by atoms with Gasteiger partial charge in [0.05, 0.1) is 5.25 Å². The van der Waals surface area contributed by atoms with Crippen LogP contribution in [0.1, 0.15) is 29.3 Å². The maximum absolute atomic E-state index is 14.4. The third-order valence-electron chi connectivity index (χ3n) is 5.43. The number of anilines is 2. The molecule has 4 aromatic rings. The normalized spacial score (nSPS) is 11.9. The third-order valence-corrected chi connectivity index (χ3v) is 7.48. The summed E-state index contributed by atoms with van der Waals surface area (Å²) in [7, 11) is 0. The molecule has 4 rings (SSSR count). The van der Waals surface area contributed by atoms with Gasteiger partial charge < -0.3 is 16.0 Å². The van der Waals surface area contributed by atoms with Gasteiger partial charge in [-0.05, 0) is 48.9 Å². The molecule has 0 spiro atoms. The van der Waals surface area contributed by atoms with Gasteiger partial charge in [-0.25, -0.2) is 9.37 Å². The van der Waals surface area contributed by atoms with E-state index in [9.17, 15) is 18.8 Å². The van der Waals surface area contributed by atoms with Gasteiger partial charge in [0.2, 0.25) is 5.91 Å². The number of thiazole rings is 1. The van der Waals surface area contributed by atoms with Crippen molar-refractivity contribution in [2.24, 2.45) is 0 Å². The molecule has 1 heterocycles. The van der Waals surface area contributed by atoms with Gasteiger partial charge in [0, 0.05) is 33.3 Å². The van der Waals surface area contributed by atoms with Crippen LogP contribution in [0.5, 0.6) is 0 Å². The Morgan fingerprint density at radius 3 is 2.49 bits per heavy atom. The predicted octanol–water partition coefficient (Wildman–Crippen LogP) is 6.20. The number of aromatic nitrogens is 1. The summed E-state index contributed by atoms with van der Waals surface area (Å²) in [5.74, 6) is -1.82. The van der Waals surface area contributed by atoms with Crippen LogP contribution in [0.3, 0.4) is 0 Å². The summed E-state index contributed by atoms with van der Waals surface area (Å²) in [4.78, 5) is 43.6. The highest BCUT2D eigenvalue weighted by Gasteiger charge is 2.20. The number of carbonyl (C=O) groups is 3. The molecule has 0 aliphatic heterocycles. The van der Waals surface area contributed by atoms with E-state index >= 15 is 0 Å². The molecule has 1 unspecified atom stereocenters. The van der Waals surface area contributed by atoms with E-state index in [0.29, 0.717) is 22.8 Å². The molecular weight excluding hydrogens is 535 g/mol. The summed E-state index contributed by atoms with van der Waals surface area (Å²) in [6.07, 6.45) is 3.50. The van der Waals surface area contributed by atoms with Crippen molar-refractivity contribution in [1.82, 2.24) is 10.3 Å². The second-order valence-electron chi connectivity index (χ2n) is 8.22. The van der Waals surface area contributed by atoms with Crippen LogP contribution < -0.4 is 16.0 Å². The predicted molar refractivity (Wildman–Crippen MR) is 154 cm³/mol. The van der Waals surface area contributed by atoms with Gasteiger partial charge >= 0.3 is 0 Å². The number of halogens is 1. The number of hydrogen-bond acceptors (Lipinski definition) is 6. The summed E-state index contributed by atoms with van der Waals surface area (Å²) < 4.78 is 14.4. The molecule has 0 bridgehead atoms. The standard InChI is InChI=1S/C29H25FN4O3S2/c1-2-25(28(37)34-29-31-15-16-38-29)39-22-13-8-12-21(18-22)32-27(36)24(17-20-11-6-7-14-23(20)30)33-26(35)19-9-4-3-5-10-19/h3-18,25H,2H2,1H3,(H,32,36)(H,33,35)(H,31,34,37)/b24-17-. The molecule has 0 saturated carbocycles. The van der Waals surface area contributed by atoms with Gasteiger partial charge in [0.15, 0.2) is 5.13 Å². The first-order valence-corrected chi connectivity index (χ1v) is 13.8. The summed E-state index contributed by atoms with van der Waals surface area (Å²) >= 11 is 2.70. The fourth-order valence-corrected chi connectivity index (χ4v) is 5.04. The first kappa shape index (κ1) is 27.7. The quantitative estimate of drug-likeness (QED) is 0.158. The molecule has 39 heavy (non-hydrogen) atoms. The number of nitrogens with one attached hydrogen (secondary N) is 3. The maximum atomic E-state index is 14.4. The number of benzene rings is 3. The second kappa shape index (κ2) is 13.5. The molecule has 0 aliphatic carbocycles. The number of nitrogens with zero attached hydrogens (tertiary/aromatic N) is 1. The number of thioether (sulfide) groups is 1. The van der Waals surface area contributed by atoms with Crippen molar-refractivity contribution in [1.29, 1.82) is 0 Å². The zero-order valence-corrected chi connectivity index (χ0v) is 22.5. The maximum Gasteiger partial charge on any atom is 0.272 e. The lowest BCUT2D eigenvalue weighted by molar-refractivity contribution is -0.116. The van der Waals surface area contributed by atoms with E-state index < -0.39 is 17.6 Å². The topological polar surface area (TPSA) is 100 Å². The molecule has 10 heteroatoms. The fraction of sp³-hybridized carbons (Fsp3) is 0.103. The van der Waals surface area contributed by atoms with E-state index in [1.165, 1.54) is 41.3 Å². The van der Waals surface area contributed by atoms with Gasteiger partial charge in [-0.3, -0.25) is 14.4 Å². The lowest BCUT2D eigenvalue weighted by atomic mass is 10.1. The Bertz CT molecular complexity index is 1480. The first-order valence-electron chi connectivity index (χ1n) is 12.0. The van der Waals surface area contributed by atoms with E-state index in [2.05, 4.69) is 20.9 Å². The number of carbonyl (C=O) groups excluding carboxylic acids is 3. The molecular formula is C29H25FN4O3S2. The van der Waals surface area contributed by atoms with Crippen LogP contribution in [-0.2, 0) is 9.59 Å². The Labute approximate surface area is 233 Å². The van der Waals surface area contributed by atoms with Crippen LogP contribution in [0.4, 0.5) is 15.2 Å². The van der Waals surface area contributed by atoms with E-state index in [-0.39, 0.29) is 22.4 Å². The molecule has 7 nitrogen and oxygen atoms in total. The number of rotatable bonds is 10. The summed E-state index contributed by atoms with van der Waals surface area (Å²) in [5.41, 5.74) is 0.831. The Kier molecular flexibility index (Phi) is 9.60. The smallest absolute Gasteiger partial charge is 0.272 e. The molecule has 1 atom stereocenters. The highest BCUT2D eigenvalue weighted by Crippen LogP contribution is 2.29. The molecule has 1 aromatic heterocycles. The van der Waals surface area contributed by atoms with Crippen LogP contribution in [0.2, 0.25) is 0 Å². The zero-order valence-electron chi connectivity index (χ0n) is 20.9. The zero-order chi connectivity index (χ0) is 27.6. The number of amides is 3. The molecule has 0 radical (unpaired) electrons. The second-order valence-corrected chi connectivity index (χ2v) is 10.4. The Balaban J connectivity index is 1.51. The Morgan fingerprint density at radius 2 is 1.77 bits per heavy atom. The molecule has 3 amide bonds. The molecule has 198 valence electrons. The summed E-state index contributed by atoms with van der Waals surface area (Å²) in [5, 5.41) is 10.1. The van der Waals surface area contributed by atoms with Crippen LogP contribution in [0.25, 0.3) is 6.08 Å². The van der Waals surface area contributed by atoms with E-state index in [1.54, 1.807) is 72.2 Å². The third kappa shape index (κ3) is 7.86. The van der Waals surface area contributed by atoms with Gasteiger partial charge in [0.1, 0.15) is 11.5 Å². The average Bonchev–Trinajstić information content (AvgIpc) is 3.46. The van der Waals surface area contributed by atoms with Crippen molar-refractivity contribution in [3.05, 3.63) is 113 Å². The summed E-state index contributed by atoms with van der Waals surface area (Å²) in [6.45, 7) is 1.92. The molecule has 3 aromatic carbocycles. The van der Waals surface area contributed by atoms with Crippen LogP contribution in [0.15, 0.2) is 101 Å². The Morgan fingerprint density at radius 1 is 1.00 bits per heavy atom.